The van der Waals surface area contributed by atoms with Gasteiger partial charge in [-0.05, 0) is 25.0 Å². The van der Waals surface area contributed by atoms with Crippen molar-refractivity contribution in [2.75, 3.05) is 0 Å². The van der Waals surface area contributed by atoms with Crippen LogP contribution in [0.25, 0.3) is 11.0 Å². The van der Waals surface area contributed by atoms with Crippen LogP contribution in [0.2, 0.25) is 5.02 Å². The average molecular weight is 238 g/mol. The molecule has 3 heteroatoms. The van der Waals surface area contributed by atoms with Crippen molar-refractivity contribution in [3.8, 4) is 0 Å². The number of fused-ring (bicyclic) bond motifs is 1. The summed E-state index contributed by atoms with van der Waals surface area (Å²) in [7, 11) is 0. The zero-order chi connectivity index (χ0) is 11.7. The van der Waals surface area contributed by atoms with Crippen molar-refractivity contribution in [1.29, 1.82) is 0 Å². The fraction of sp³-hybridized carbons (Fsp3) is 0.385. The molecule has 0 aliphatic carbocycles. The van der Waals surface area contributed by atoms with Gasteiger partial charge in [0.15, 0.2) is 0 Å². The topological polar surface area (TPSA) is 39.2 Å². The third-order valence-electron chi connectivity index (χ3n) is 2.85. The molecule has 0 amide bonds. The highest BCUT2D eigenvalue weighted by Gasteiger charge is 2.16. The summed E-state index contributed by atoms with van der Waals surface area (Å²) in [6.45, 7) is 4.60. The van der Waals surface area contributed by atoms with Gasteiger partial charge in [0.2, 0.25) is 0 Å². The molecule has 0 fully saturated rings. The van der Waals surface area contributed by atoms with E-state index in [0.717, 1.165) is 40.2 Å². The van der Waals surface area contributed by atoms with Crippen LogP contribution in [0.3, 0.4) is 0 Å². The van der Waals surface area contributed by atoms with E-state index in [1.165, 1.54) is 5.56 Å². The van der Waals surface area contributed by atoms with E-state index in [2.05, 4.69) is 6.92 Å². The molecule has 2 N–H and O–H groups in total. The average Bonchev–Trinajstić information content (AvgIpc) is 2.64. The largest absolute Gasteiger partial charge is 0.459 e. The van der Waals surface area contributed by atoms with E-state index in [-0.39, 0.29) is 0 Å². The zero-order valence-electron chi connectivity index (χ0n) is 9.64. The lowest BCUT2D eigenvalue weighted by Gasteiger charge is -2.00. The second-order valence-electron chi connectivity index (χ2n) is 4.03. The van der Waals surface area contributed by atoms with E-state index >= 15 is 0 Å². The van der Waals surface area contributed by atoms with E-state index in [4.69, 9.17) is 21.8 Å². The van der Waals surface area contributed by atoms with Gasteiger partial charge in [0.1, 0.15) is 11.3 Å². The van der Waals surface area contributed by atoms with Gasteiger partial charge in [-0.25, -0.2) is 0 Å². The van der Waals surface area contributed by atoms with Crippen LogP contribution in [0.4, 0.5) is 0 Å². The highest BCUT2D eigenvalue weighted by molar-refractivity contribution is 6.35. The Hall–Kier alpha value is -0.990. The Morgan fingerprint density at radius 2 is 2.12 bits per heavy atom. The van der Waals surface area contributed by atoms with Crippen LogP contribution in [0, 0.1) is 6.92 Å². The molecule has 86 valence electrons. The number of furan rings is 1. The first kappa shape index (κ1) is 11.5. The molecule has 2 rings (SSSR count). The molecule has 1 heterocycles. The van der Waals surface area contributed by atoms with Crippen LogP contribution >= 0.6 is 11.6 Å². The molecule has 0 aliphatic heterocycles. The summed E-state index contributed by atoms with van der Waals surface area (Å²) in [4.78, 5) is 0. The maximum Gasteiger partial charge on any atom is 0.139 e. The first-order valence-corrected chi connectivity index (χ1v) is 5.96. The molecule has 2 aromatic rings. The van der Waals surface area contributed by atoms with Crippen LogP contribution in [0.5, 0.6) is 0 Å². The van der Waals surface area contributed by atoms with Gasteiger partial charge in [-0.2, -0.15) is 0 Å². The molecule has 16 heavy (non-hydrogen) atoms. The molecule has 2 nitrogen and oxygen atoms in total. The highest BCUT2D eigenvalue weighted by Crippen LogP contribution is 2.34. The molecule has 0 saturated heterocycles. The minimum atomic E-state index is 0.430. The van der Waals surface area contributed by atoms with Crippen LogP contribution in [-0.2, 0) is 13.0 Å². The summed E-state index contributed by atoms with van der Waals surface area (Å²) in [5.74, 6) is 0.869. The summed E-state index contributed by atoms with van der Waals surface area (Å²) in [6, 6.07) is 3.90. The Labute approximate surface area is 100 Å². The number of hydrogen-bond acceptors (Lipinski definition) is 2. The van der Waals surface area contributed by atoms with Gasteiger partial charge in [0.05, 0.1) is 11.6 Å². The van der Waals surface area contributed by atoms with Crippen LogP contribution in [-0.4, -0.2) is 0 Å². The molecular formula is C13H16ClNO. The molecule has 0 spiro atoms. The number of rotatable bonds is 3. The quantitative estimate of drug-likeness (QED) is 0.882. The van der Waals surface area contributed by atoms with Gasteiger partial charge in [-0.15, -0.1) is 0 Å². The fourth-order valence-electron chi connectivity index (χ4n) is 2.08. The Balaban J connectivity index is 2.78. The predicted octanol–water partition coefficient (Wildman–Crippen LogP) is 3.81. The zero-order valence-corrected chi connectivity index (χ0v) is 10.4. The molecule has 1 aromatic carbocycles. The van der Waals surface area contributed by atoms with E-state index in [0.29, 0.717) is 6.54 Å². The van der Waals surface area contributed by atoms with Gasteiger partial charge >= 0.3 is 0 Å². The second kappa shape index (κ2) is 4.48. The van der Waals surface area contributed by atoms with Crippen LogP contribution in [0.15, 0.2) is 16.5 Å². The monoisotopic (exact) mass is 237 g/mol. The highest BCUT2D eigenvalue weighted by atomic mass is 35.5. The third-order valence-corrected chi connectivity index (χ3v) is 3.17. The van der Waals surface area contributed by atoms with Crippen molar-refractivity contribution in [2.45, 2.75) is 33.2 Å². The SMILES string of the molecule is CCCc1c(CN)oc2c(C)ccc(Cl)c12. The minimum absolute atomic E-state index is 0.430. The predicted molar refractivity (Wildman–Crippen MR) is 67.8 cm³/mol. The van der Waals surface area contributed by atoms with E-state index in [9.17, 15) is 0 Å². The number of halogens is 1. The third kappa shape index (κ3) is 1.72. The molecular weight excluding hydrogens is 222 g/mol. The molecule has 1 aromatic heterocycles. The summed E-state index contributed by atoms with van der Waals surface area (Å²) in [6.07, 6.45) is 2.02. The van der Waals surface area contributed by atoms with Crippen LogP contribution in [0.1, 0.15) is 30.2 Å². The minimum Gasteiger partial charge on any atom is -0.459 e. The molecule has 0 atom stereocenters. The van der Waals surface area contributed by atoms with Crippen molar-refractivity contribution < 1.29 is 4.42 Å². The van der Waals surface area contributed by atoms with Gasteiger partial charge in [-0.1, -0.05) is 31.0 Å². The number of hydrogen-bond donors (Lipinski definition) is 1. The second-order valence-corrected chi connectivity index (χ2v) is 4.43. The normalized spacial score (nSPS) is 11.2. The van der Waals surface area contributed by atoms with E-state index < -0.39 is 0 Å². The summed E-state index contributed by atoms with van der Waals surface area (Å²) in [5.41, 5.74) is 8.88. The molecule has 0 unspecified atom stereocenters. The van der Waals surface area contributed by atoms with Gasteiger partial charge < -0.3 is 10.2 Å². The Morgan fingerprint density at radius 1 is 1.38 bits per heavy atom. The molecule has 0 aliphatic rings. The Kier molecular flexibility index (Phi) is 3.22. The first-order valence-electron chi connectivity index (χ1n) is 5.58. The smallest absolute Gasteiger partial charge is 0.139 e. The van der Waals surface area contributed by atoms with Crippen molar-refractivity contribution in [2.24, 2.45) is 5.73 Å². The molecule has 0 radical (unpaired) electrons. The molecule has 0 bridgehead atoms. The number of nitrogens with two attached hydrogens (primary N) is 1. The van der Waals surface area contributed by atoms with Crippen molar-refractivity contribution in [3.63, 3.8) is 0 Å². The van der Waals surface area contributed by atoms with E-state index in [1.54, 1.807) is 0 Å². The first-order chi connectivity index (χ1) is 7.69. The van der Waals surface area contributed by atoms with Crippen molar-refractivity contribution >= 4 is 22.6 Å². The summed E-state index contributed by atoms with van der Waals surface area (Å²) >= 11 is 6.24. The lowest BCUT2D eigenvalue weighted by molar-refractivity contribution is 0.543. The standard InChI is InChI=1S/C13H16ClNO/c1-3-4-9-11(7-15)16-13-8(2)5-6-10(14)12(9)13/h5-6H,3-4,7,15H2,1-2H3. The number of benzene rings is 1. The van der Waals surface area contributed by atoms with Crippen molar-refractivity contribution in [1.82, 2.24) is 0 Å². The van der Waals surface area contributed by atoms with Gasteiger partial charge in [0, 0.05) is 10.9 Å². The number of aryl methyl sites for hydroxylation is 2. The van der Waals surface area contributed by atoms with Crippen LogP contribution < -0.4 is 5.73 Å². The molecule has 0 saturated carbocycles. The van der Waals surface area contributed by atoms with Gasteiger partial charge in [-0.3, -0.25) is 0 Å². The Morgan fingerprint density at radius 3 is 2.75 bits per heavy atom. The van der Waals surface area contributed by atoms with Crippen molar-refractivity contribution in [3.05, 3.63) is 34.0 Å². The summed E-state index contributed by atoms with van der Waals surface area (Å²) < 4.78 is 5.80. The summed E-state index contributed by atoms with van der Waals surface area (Å²) in [5, 5.41) is 1.80. The van der Waals surface area contributed by atoms with Gasteiger partial charge in [0.25, 0.3) is 0 Å². The maximum absolute atomic E-state index is 6.24. The van der Waals surface area contributed by atoms with E-state index in [1.807, 2.05) is 19.1 Å². The Bertz CT molecular complexity index is 516. The lowest BCUT2D eigenvalue weighted by atomic mass is 10.0. The lowest BCUT2D eigenvalue weighted by Crippen LogP contribution is -1.98. The maximum atomic E-state index is 6.24. The fourth-order valence-corrected chi connectivity index (χ4v) is 2.34.